The first kappa shape index (κ1) is 50.0. The Morgan fingerprint density at radius 2 is 0.917 bits per heavy atom. The van der Waals surface area contributed by atoms with Crippen molar-refractivity contribution in [3.05, 3.63) is 165 Å². The molecule has 0 amide bonds. The van der Waals surface area contributed by atoms with Crippen LogP contribution in [0, 0.1) is 20.8 Å². The summed E-state index contributed by atoms with van der Waals surface area (Å²) in [4.78, 5) is 9.42. The van der Waals surface area contributed by atoms with E-state index in [4.69, 9.17) is 0 Å². The maximum atomic E-state index is 2.70. The van der Waals surface area contributed by atoms with Crippen LogP contribution in [0.4, 0.5) is 51.2 Å². The molecule has 372 valence electrons. The maximum absolute atomic E-state index is 2.70. The molecule has 2 aliphatic heterocycles. The van der Waals surface area contributed by atoms with Gasteiger partial charge in [0.2, 0.25) is 0 Å². The number of nitrogens with zero attached hydrogens (tertiary/aromatic N) is 3. The van der Waals surface area contributed by atoms with Gasteiger partial charge >= 0.3 is 0 Å². The molecule has 10 rings (SSSR count). The number of hydrogen-bond donors (Lipinski definition) is 0. The lowest BCUT2D eigenvalue weighted by molar-refractivity contribution is 0.339. The van der Waals surface area contributed by atoms with Crippen molar-refractivity contribution in [1.29, 1.82) is 0 Å². The summed E-state index contributed by atoms with van der Waals surface area (Å²) in [6, 6.07) is 45.6. The molecule has 3 heterocycles. The Balaban J connectivity index is 1.30. The molecule has 0 N–H and O–H groups in total. The van der Waals surface area contributed by atoms with Gasteiger partial charge in [0, 0.05) is 49.5 Å². The van der Waals surface area contributed by atoms with Gasteiger partial charge in [0.25, 0.3) is 6.71 Å². The van der Waals surface area contributed by atoms with Crippen LogP contribution in [0.5, 0.6) is 0 Å². The molecule has 0 fully saturated rings. The normalized spacial score (nSPS) is 16.0. The van der Waals surface area contributed by atoms with Crippen molar-refractivity contribution in [2.45, 2.75) is 177 Å². The molecule has 5 heteroatoms. The van der Waals surface area contributed by atoms with Gasteiger partial charge in [-0.2, -0.15) is 11.3 Å². The Kier molecular flexibility index (Phi) is 11.6. The van der Waals surface area contributed by atoms with Crippen molar-refractivity contribution in [2.24, 2.45) is 0 Å². The molecule has 0 unspecified atom stereocenters. The van der Waals surface area contributed by atoms with E-state index >= 15 is 0 Å². The second kappa shape index (κ2) is 16.8. The highest BCUT2D eigenvalue weighted by molar-refractivity contribution is 7.29. The van der Waals surface area contributed by atoms with E-state index in [9.17, 15) is 0 Å². The second-order valence-electron chi connectivity index (χ2n) is 27.3. The highest BCUT2D eigenvalue weighted by atomic mass is 32.1. The summed E-state index contributed by atoms with van der Waals surface area (Å²) in [7, 11) is 0. The van der Waals surface area contributed by atoms with Crippen LogP contribution in [0.1, 0.15) is 173 Å². The zero-order valence-corrected chi connectivity index (χ0v) is 48.0. The fourth-order valence-electron chi connectivity index (χ4n) is 12.1. The van der Waals surface area contributed by atoms with Crippen LogP contribution in [0.25, 0.3) is 0 Å². The molecule has 0 bridgehead atoms. The SMILES string of the molecule is Cc1cc2c3c(c1)N(c1c(C)cc(C(C)(C)C)cc1C)c1cc(N(c4ccc(C(C)(C)C)cc4)c4ccc(C(C)(C)C)cc4)ccc1B3c1sc3c(c1N2c1ccc(C(C)(C)C)cc1)C(C)(C)CCC3(C)C. The van der Waals surface area contributed by atoms with Gasteiger partial charge < -0.3 is 14.7 Å². The lowest BCUT2D eigenvalue weighted by atomic mass is 9.36. The number of anilines is 9. The standard InChI is InChI=1S/C67H80BN3S/c1-41-36-54-57-55(37-41)71(58-42(2)38-47(39-43(58)3)65(13,14)15)53-40-51(69(48-26-20-44(21-27-48)62(4,5)6)49-28-22-45(23-29-49)63(7,8)9)32-33-52(53)68(57)61-59(56-60(72-61)67(18,19)35-34-66(56,16)17)70(54)50-30-24-46(25-31-50)64(10,11)12/h20-33,36-40H,34-35H2,1-19H3. The quantitative estimate of drug-likeness (QED) is 0.159. The summed E-state index contributed by atoms with van der Waals surface area (Å²) in [5, 5.41) is 0. The van der Waals surface area contributed by atoms with E-state index in [1.165, 1.54) is 95.2 Å². The van der Waals surface area contributed by atoms with Crippen LogP contribution in [0.3, 0.4) is 0 Å². The van der Waals surface area contributed by atoms with E-state index in [1.54, 1.807) is 10.4 Å². The van der Waals surface area contributed by atoms with Gasteiger partial charge in [0.1, 0.15) is 0 Å². The largest absolute Gasteiger partial charge is 0.311 e. The fraction of sp³-hybridized carbons (Fsp3) is 0.403. The average molecular weight is 970 g/mol. The third kappa shape index (κ3) is 8.34. The van der Waals surface area contributed by atoms with E-state index in [2.05, 4.69) is 273 Å². The van der Waals surface area contributed by atoms with Crippen molar-refractivity contribution in [3.8, 4) is 0 Å². The van der Waals surface area contributed by atoms with Crippen molar-refractivity contribution in [3.63, 3.8) is 0 Å². The number of hydrogen-bond acceptors (Lipinski definition) is 4. The van der Waals surface area contributed by atoms with E-state index in [0.717, 1.165) is 23.5 Å². The summed E-state index contributed by atoms with van der Waals surface area (Å²) in [5.74, 6) is 0. The lowest BCUT2D eigenvalue weighted by Gasteiger charge is -2.46. The van der Waals surface area contributed by atoms with Gasteiger partial charge in [-0.3, -0.25) is 0 Å². The highest BCUT2D eigenvalue weighted by Gasteiger charge is 2.51. The van der Waals surface area contributed by atoms with Crippen LogP contribution in [0.15, 0.2) is 115 Å². The molecule has 3 nitrogen and oxygen atoms in total. The summed E-state index contributed by atoms with van der Waals surface area (Å²) < 4.78 is 1.47. The highest BCUT2D eigenvalue weighted by Crippen LogP contribution is 2.57. The van der Waals surface area contributed by atoms with Crippen LogP contribution in [-0.4, -0.2) is 6.71 Å². The van der Waals surface area contributed by atoms with E-state index in [1.807, 2.05) is 0 Å². The Hall–Kier alpha value is -5.52. The molecule has 72 heavy (non-hydrogen) atoms. The van der Waals surface area contributed by atoms with Gasteiger partial charge in [-0.05, 0) is 182 Å². The van der Waals surface area contributed by atoms with Crippen molar-refractivity contribution >= 4 is 84.9 Å². The third-order valence-electron chi connectivity index (χ3n) is 16.5. The molecule has 1 aromatic heterocycles. The van der Waals surface area contributed by atoms with E-state index in [0.29, 0.717) is 0 Å². The van der Waals surface area contributed by atoms with E-state index in [-0.39, 0.29) is 39.2 Å². The maximum Gasteiger partial charge on any atom is 0.264 e. The van der Waals surface area contributed by atoms with Gasteiger partial charge in [0.15, 0.2) is 0 Å². The molecule has 0 saturated heterocycles. The minimum absolute atomic E-state index is 0.00465. The number of benzene rings is 6. The molecule has 0 radical (unpaired) electrons. The molecule has 1 aliphatic carbocycles. The van der Waals surface area contributed by atoms with Gasteiger partial charge in [-0.15, -0.1) is 0 Å². The smallest absolute Gasteiger partial charge is 0.264 e. The summed E-state index contributed by atoms with van der Waals surface area (Å²) in [6.45, 7) is 44.9. The first-order valence-corrected chi connectivity index (χ1v) is 27.6. The van der Waals surface area contributed by atoms with Gasteiger partial charge in [0.05, 0.1) is 11.4 Å². The number of aryl methyl sites for hydroxylation is 3. The molecular weight excluding hydrogens is 890 g/mol. The zero-order chi connectivity index (χ0) is 52.0. The molecule has 6 aromatic carbocycles. The minimum Gasteiger partial charge on any atom is -0.311 e. The predicted molar refractivity (Wildman–Crippen MR) is 317 cm³/mol. The molecule has 7 aromatic rings. The Bertz CT molecular complexity index is 3170. The van der Waals surface area contributed by atoms with E-state index < -0.39 is 0 Å². The number of rotatable bonds is 5. The molecule has 3 aliphatic rings. The molecular formula is C67H80BN3S. The van der Waals surface area contributed by atoms with Crippen LogP contribution >= 0.6 is 11.3 Å². The Morgan fingerprint density at radius 3 is 1.40 bits per heavy atom. The zero-order valence-electron chi connectivity index (χ0n) is 47.2. The third-order valence-corrected chi connectivity index (χ3v) is 18.1. The lowest BCUT2D eigenvalue weighted by Crippen LogP contribution is -2.60. The Labute approximate surface area is 438 Å². The Morgan fingerprint density at radius 1 is 0.472 bits per heavy atom. The van der Waals surface area contributed by atoms with Crippen LogP contribution in [0.2, 0.25) is 0 Å². The topological polar surface area (TPSA) is 9.72 Å². The van der Waals surface area contributed by atoms with Crippen LogP contribution < -0.4 is 30.4 Å². The van der Waals surface area contributed by atoms with Crippen molar-refractivity contribution in [2.75, 3.05) is 14.7 Å². The van der Waals surface area contributed by atoms with Crippen LogP contribution in [-0.2, 0) is 32.5 Å². The molecule has 0 saturated carbocycles. The summed E-state index contributed by atoms with van der Waals surface area (Å²) >= 11 is 2.11. The summed E-state index contributed by atoms with van der Waals surface area (Å²) in [5.41, 5.74) is 24.9. The number of thiophene rings is 1. The first-order chi connectivity index (χ1) is 33.5. The molecule has 0 atom stereocenters. The van der Waals surface area contributed by atoms with Gasteiger partial charge in [-0.25, -0.2) is 0 Å². The average Bonchev–Trinajstić information content (AvgIpc) is 3.71. The monoisotopic (exact) mass is 970 g/mol. The second-order valence-corrected chi connectivity index (χ2v) is 28.3. The minimum atomic E-state index is 0.00465. The van der Waals surface area contributed by atoms with Crippen molar-refractivity contribution < 1.29 is 0 Å². The molecule has 0 spiro atoms. The fourth-order valence-corrected chi connectivity index (χ4v) is 13.8. The van der Waals surface area contributed by atoms with Gasteiger partial charge in [-0.1, -0.05) is 165 Å². The first-order valence-electron chi connectivity index (χ1n) is 26.8. The number of fused-ring (bicyclic) bond motifs is 6. The summed E-state index contributed by atoms with van der Waals surface area (Å²) in [6.07, 6.45) is 2.33. The predicted octanol–water partition coefficient (Wildman–Crippen LogP) is 17.8. The van der Waals surface area contributed by atoms with Crippen molar-refractivity contribution in [1.82, 2.24) is 0 Å².